The Morgan fingerprint density at radius 1 is 1.03 bits per heavy atom. The molecule has 0 unspecified atom stereocenters. The van der Waals surface area contributed by atoms with Crippen LogP contribution < -0.4 is 5.32 Å². The molecule has 1 N–H and O–H groups in total. The Balaban J connectivity index is 1.56. The van der Waals surface area contributed by atoms with Gasteiger partial charge in [-0.05, 0) is 48.4 Å². The van der Waals surface area contributed by atoms with Crippen LogP contribution in [0.2, 0.25) is 0 Å². The first-order valence-electron chi connectivity index (χ1n) is 9.93. The molecule has 0 radical (unpaired) electrons. The van der Waals surface area contributed by atoms with Crippen molar-refractivity contribution >= 4 is 21.6 Å². The maximum Gasteiger partial charge on any atom is 0.243 e. The lowest BCUT2D eigenvalue weighted by molar-refractivity contribution is -0.116. The smallest absolute Gasteiger partial charge is 0.243 e. The Morgan fingerprint density at radius 2 is 1.70 bits per heavy atom. The Labute approximate surface area is 177 Å². The maximum absolute atomic E-state index is 12.5. The van der Waals surface area contributed by atoms with Crippen molar-refractivity contribution in [3.8, 4) is 5.69 Å². The predicted octanol–water partition coefficient (Wildman–Crippen LogP) is 3.47. The van der Waals surface area contributed by atoms with Crippen molar-refractivity contribution in [1.29, 1.82) is 0 Å². The van der Waals surface area contributed by atoms with Crippen LogP contribution in [0, 0.1) is 0 Å². The first-order chi connectivity index (χ1) is 14.4. The van der Waals surface area contributed by atoms with Crippen LogP contribution >= 0.6 is 0 Å². The van der Waals surface area contributed by atoms with Crippen LogP contribution in [0.5, 0.6) is 0 Å². The summed E-state index contributed by atoms with van der Waals surface area (Å²) in [4.78, 5) is 12.5. The zero-order valence-corrected chi connectivity index (χ0v) is 18.0. The number of hydrogen-bond donors (Lipinski definition) is 1. The Kier molecular flexibility index (Phi) is 7.02. The summed E-state index contributed by atoms with van der Waals surface area (Å²) in [5, 5.41) is 7.15. The molecule has 158 valence electrons. The number of para-hydroxylation sites is 1. The molecule has 0 aliphatic carbocycles. The number of carbonyl (C=O) groups is 1. The summed E-state index contributed by atoms with van der Waals surface area (Å²) in [5.41, 5.74) is 2.50. The van der Waals surface area contributed by atoms with Gasteiger partial charge in [-0.25, -0.2) is 13.1 Å². The van der Waals surface area contributed by atoms with E-state index in [2.05, 4.69) is 10.4 Å². The third-order valence-electron chi connectivity index (χ3n) is 4.78. The van der Waals surface area contributed by atoms with E-state index >= 15 is 0 Å². The molecular weight excluding hydrogens is 400 g/mol. The fourth-order valence-electron chi connectivity index (χ4n) is 3.12. The molecule has 0 saturated carbocycles. The standard InChI is InChI=1S/C22H26N4O3S/c1-3-25(4-2)30(28,29)21-13-11-19(12-14-21)24-22(27)15-10-18-16-23-26(17-18)20-8-6-5-7-9-20/h5-9,11-14,16-17H,3-4,10,15H2,1-2H3,(H,24,27). The van der Waals surface area contributed by atoms with Crippen molar-refractivity contribution in [2.45, 2.75) is 31.6 Å². The average Bonchev–Trinajstić information content (AvgIpc) is 3.23. The van der Waals surface area contributed by atoms with E-state index in [1.807, 2.05) is 36.5 Å². The lowest BCUT2D eigenvalue weighted by atomic mass is 10.2. The number of anilines is 1. The molecule has 3 aromatic rings. The second-order valence-electron chi connectivity index (χ2n) is 6.79. The summed E-state index contributed by atoms with van der Waals surface area (Å²) >= 11 is 0. The normalized spacial score (nSPS) is 11.6. The number of amides is 1. The minimum Gasteiger partial charge on any atom is -0.326 e. The number of aromatic nitrogens is 2. The van der Waals surface area contributed by atoms with Crippen molar-refractivity contribution in [1.82, 2.24) is 14.1 Å². The number of nitrogens with zero attached hydrogens (tertiary/aromatic N) is 3. The Morgan fingerprint density at radius 3 is 2.33 bits per heavy atom. The van der Waals surface area contributed by atoms with E-state index in [-0.39, 0.29) is 10.8 Å². The molecule has 0 aliphatic heterocycles. The van der Waals surface area contributed by atoms with Gasteiger partial charge in [0.1, 0.15) is 0 Å². The zero-order valence-electron chi connectivity index (χ0n) is 17.2. The summed E-state index contributed by atoms with van der Waals surface area (Å²) in [6, 6.07) is 16.0. The van der Waals surface area contributed by atoms with Gasteiger partial charge in [-0.2, -0.15) is 9.40 Å². The highest BCUT2D eigenvalue weighted by Crippen LogP contribution is 2.18. The van der Waals surface area contributed by atoms with Crippen LogP contribution in [0.3, 0.4) is 0 Å². The fourth-order valence-corrected chi connectivity index (χ4v) is 4.57. The highest BCUT2D eigenvalue weighted by molar-refractivity contribution is 7.89. The molecule has 0 aliphatic rings. The highest BCUT2D eigenvalue weighted by atomic mass is 32.2. The van der Waals surface area contributed by atoms with Crippen LogP contribution in [-0.4, -0.2) is 41.5 Å². The first-order valence-corrected chi connectivity index (χ1v) is 11.4. The number of rotatable bonds is 9. The maximum atomic E-state index is 12.5. The van der Waals surface area contributed by atoms with E-state index in [1.165, 1.54) is 16.4 Å². The lowest BCUT2D eigenvalue weighted by Crippen LogP contribution is -2.30. The van der Waals surface area contributed by atoms with Gasteiger partial charge >= 0.3 is 0 Å². The van der Waals surface area contributed by atoms with Crippen molar-refractivity contribution in [2.24, 2.45) is 0 Å². The van der Waals surface area contributed by atoms with E-state index in [0.717, 1.165) is 11.3 Å². The minimum atomic E-state index is -3.50. The summed E-state index contributed by atoms with van der Waals surface area (Å²) in [6.45, 7) is 4.44. The van der Waals surface area contributed by atoms with Crippen LogP contribution in [0.15, 0.2) is 71.9 Å². The topological polar surface area (TPSA) is 84.3 Å². The van der Waals surface area contributed by atoms with Gasteiger partial charge in [-0.1, -0.05) is 32.0 Å². The summed E-state index contributed by atoms with van der Waals surface area (Å²) in [7, 11) is -3.50. The fraction of sp³-hybridized carbons (Fsp3) is 0.273. The van der Waals surface area contributed by atoms with Crippen molar-refractivity contribution in [3.63, 3.8) is 0 Å². The van der Waals surface area contributed by atoms with Gasteiger partial charge in [0, 0.05) is 31.4 Å². The quantitative estimate of drug-likeness (QED) is 0.568. The van der Waals surface area contributed by atoms with Gasteiger partial charge in [0.15, 0.2) is 0 Å². The van der Waals surface area contributed by atoms with Gasteiger partial charge in [0.05, 0.1) is 16.8 Å². The minimum absolute atomic E-state index is 0.137. The zero-order chi connectivity index (χ0) is 21.6. The van der Waals surface area contributed by atoms with Crippen LogP contribution in [0.1, 0.15) is 25.8 Å². The van der Waals surface area contributed by atoms with Gasteiger partial charge in [0.2, 0.25) is 15.9 Å². The van der Waals surface area contributed by atoms with E-state index in [1.54, 1.807) is 36.9 Å². The SMILES string of the molecule is CCN(CC)S(=O)(=O)c1ccc(NC(=O)CCc2cnn(-c3ccccc3)c2)cc1. The monoisotopic (exact) mass is 426 g/mol. The molecular formula is C22H26N4O3S. The average molecular weight is 427 g/mol. The molecule has 0 spiro atoms. The Bertz CT molecular complexity index is 1070. The molecule has 1 aromatic heterocycles. The van der Waals surface area contributed by atoms with Gasteiger partial charge in [0.25, 0.3) is 0 Å². The van der Waals surface area contributed by atoms with E-state index in [0.29, 0.717) is 31.6 Å². The molecule has 8 heteroatoms. The van der Waals surface area contributed by atoms with Gasteiger partial charge in [-0.3, -0.25) is 4.79 Å². The molecule has 0 fully saturated rings. The first kappa shape index (κ1) is 21.7. The van der Waals surface area contributed by atoms with E-state index < -0.39 is 10.0 Å². The molecule has 0 atom stereocenters. The van der Waals surface area contributed by atoms with Gasteiger partial charge in [-0.15, -0.1) is 0 Å². The molecule has 0 bridgehead atoms. The molecule has 1 heterocycles. The third kappa shape index (κ3) is 5.14. The second-order valence-corrected chi connectivity index (χ2v) is 8.73. The number of carbonyl (C=O) groups excluding carboxylic acids is 1. The number of benzene rings is 2. The summed E-state index contributed by atoms with van der Waals surface area (Å²) < 4.78 is 28.2. The number of hydrogen-bond acceptors (Lipinski definition) is 4. The van der Waals surface area contributed by atoms with Crippen molar-refractivity contribution in [2.75, 3.05) is 18.4 Å². The Hall–Kier alpha value is -2.97. The third-order valence-corrected chi connectivity index (χ3v) is 6.84. The number of nitrogens with one attached hydrogen (secondary N) is 1. The lowest BCUT2D eigenvalue weighted by Gasteiger charge is -2.18. The van der Waals surface area contributed by atoms with Crippen LogP contribution in [-0.2, 0) is 21.2 Å². The largest absolute Gasteiger partial charge is 0.326 e. The molecule has 0 saturated heterocycles. The van der Waals surface area contributed by atoms with E-state index in [9.17, 15) is 13.2 Å². The van der Waals surface area contributed by atoms with E-state index in [4.69, 9.17) is 0 Å². The van der Waals surface area contributed by atoms with Crippen LogP contribution in [0.4, 0.5) is 5.69 Å². The van der Waals surface area contributed by atoms with Gasteiger partial charge < -0.3 is 5.32 Å². The van der Waals surface area contributed by atoms with Crippen LogP contribution in [0.25, 0.3) is 5.69 Å². The molecule has 2 aromatic carbocycles. The number of aryl methyl sites for hydroxylation is 1. The predicted molar refractivity (Wildman–Crippen MR) is 117 cm³/mol. The summed E-state index contributed by atoms with van der Waals surface area (Å²) in [5.74, 6) is -0.137. The summed E-state index contributed by atoms with van der Waals surface area (Å²) in [6.07, 6.45) is 4.54. The molecule has 7 nitrogen and oxygen atoms in total. The van der Waals surface area contributed by atoms with Crippen molar-refractivity contribution < 1.29 is 13.2 Å². The second kappa shape index (κ2) is 9.69. The molecule has 1 amide bonds. The van der Waals surface area contributed by atoms with Crippen molar-refractivity contribution in [3.05, 3.63) is 72.6 Å². The highest BCUT2D eigenvalue weighted by Gasteiger charge is 2.21. The molecule has 30 heavy (non-hydrogen) atoms. The molecule has 3 rings (SSSR count). The number of sulfonamides is 1.